The van der Waals surface area contributed by atoms with Crippen molar-refractivity contribution in [3.05, 3.63) is 29.0 Å². The summed E-state index contributed by atoms with van der Waals surface area (Å²) >= 11 is 5.63. The van der Waals surface area contributed by atoms with Crippen LogP contribution in [0.2, 0.25) is 5.02 Å². The molecule has 1 aromatic rings. The molecule has 0 bridgehead atoms. The molecule has 0 spiro atoms. The van der Waals surface area contributed by atoms with Gasteiger partial charge in [0.1, 0.15) is 11.7 Å². The van der Waals surface area contributed by atoms with Gasteiger partial charge in [0.25, 0.3) is 0 Å². The monoisotopic (exact) mass is 245 g/mol. The van der Waals surface area contributed by atoms with Gasteiger partial charge >= 0.3 is 0 Å². The van der Waals surface area contributed by atoms with Crippen LogP contribution in [0.1, 0.15) is 6.42 Å². The zero-order valence-electron chi connectivity index (χ0n) is 8.08. The minimum absolute atomic E-state index is 0.0526. The highest BCUT2D eigenvalue weighted by Crippen LogP contribution is 2.19. The quantitative estimate of drug-likeness (QED) is 0.327. The molecule has 1 aromatic carbocycles. The van der Waals surface area contributed by atoms with E-state index in [0.29, 0.717) is 5.02 Å². The van der Waals surface area contributed by atoms with Gasteiger partial charge in [-0.3, -0.25) is 4.79 Å². The molecule has 1 amide bonds. The molecular formula is C9H9ClFN3O2. The first-order chi connectivity index (χ1) is 7.52. The number of hydrogen-bond acceptors (Lipinski definition) is 3. The van der Waals surface area contributed by atoms with Gasteiger partial charge < -0.3 is 16.3 Å². The molecule has 0 aromatic heterocycles. The summed E-state index contributed by atoms with van der Waals surface area (Å²) in [5.74, 6) is -1.48. The van der Waals surface area contributed by atoms with Crippen LogP contribution in [-0.2, 0) is 4.79 Å². The van der Waals surface area contributed by atoms with E-state index in [4.69, 9.17) is 22.5 Å². The number of carbonyl (C=O) groups excluding carboxylic acids is 1. The molecule has 0 unspecified atom stereocenters. The summed E-state index contributed by atoms with van der Waals surface area (Å²) in [5.41, 5.74) is 5.06. The molecule has 0 aliphatic carbocycles. The second-order valence-corrected chi connectivity index (χ2v) is 3.38. The molecule has 4 N–H and O–H groups in total. The highest BCUT2D eigenvalue weighted by atomic mass is 35.5. The molecule has 16 heavy (non-hydrogen) atoms. The van der Waals surface area contributed by atoms with Crippen LogP contribution < -0.4 is 11.1 Å². The Labute approximate surface area is 95.7 Å². The molecule has 0 saturated carbocycles. The van der Waals surface area contributed by atoms with Crippen LogP contribution in [0.3, 0.4) is 0 Å². The predicted octanol–water partition coefficient (Wildman–Crippen LogP) is 1.55. The molecular weight excluding hydrogens is 237 g/mol. The van der Waals surface area contributed by atoms with Crippen molar-refractivity contribution < 1.29 is 14.4 Å². The number of carbonyl (C=O) groups is 1. The van der Waals surface area contributed by atoms with E-state index in [9.17, 15) is 9.18 Å². The Balaban J connectivity index is 2.73. The lowest BCUT2D eigenvalue weighted by Gasteiger charge is -2.05. The number of amidine groups is 1. The number of hydrogen-bond donors (Lipinski definition) is 3. The smallest absolute Gasteiger partial charge is 0.232 e. The van der Waals surface area contributed by atoms with Crippen molar-refractivity contribution in [2.75, 3.05) is 5.32 Å². The van der Waals surface area contributed by atoms with E-state index in [2.05, 4.69) is 10.5 Å². The molecule has 86 valence electrons. The number of amides is 1. The minimum atomic E-state index is -0.614. The zero-order chi connectivity index (χ0) is 12.1. The SMILES string of the molecule is N/C(CC(=O)Nc1cc(Cl)ccc1F)=N\O. The molecule has 0 fully saturated rings. The third-order valence-corrected chi connectivity index (χ3v) is 1.91. The average Bonchev–Trinajstić information content (AvgIpc) is 2.23. The largest absolute Gasteiger partial charge is 0.409 e. The lowest BCUT2D eigenvalue weighted by Crippen LogP contribution is -2.22. The Morgan fingerprint density at radius 1 is 1.62 bits per heavy atom. The van der Waals surface area contributed by atoms with Gasteiger partial charge in [0, 0.05) is 5.02 Å². The van der Waals surface area contributed by atoms with E-state index >= 15 is 0 Å². The summed E-state index contributed by atoms with van der Waals surface area (Å²) in [6.07, 6.45) is -0.331. The highest BCUT2D eigenvalue weighted by Gasteiger charge is 2.09. The lowest BCUT2D eigenvalue weighted by molar-refractivity contribution is -0.115. The number of nitrogens with two attached hydrogens (primary N) is 1. The van der Waals surface area contributed by atoms with E-state index in [1.54, 1.807) is 0 Å². The molecule has 0 aliphatic rings. The van der Waals surface area contributed by atoms with Gasteiger partial charge in [0.2, 0.25) is 5.91 Å². The zero-order valence-corrected chi connectivity index (χ0v) is 8.83. The summed E-state index contributed by atoms with van der Waals surface area (Å²) in [4.78, 5) is 11.3. The third-order valence-electron chi connectivity index (χ3n) is 1.67. The number of nitrogens with one attached hydrogen (secondary N) is 1. The van der Waals surface area contributed by atoms with Crippen LogP contribution >= 0.6 is 11.6 Å². The van der Waals surface area contributed by atoms with Gasteiger partial charge in [0.15, 0.2) is 0 Å². The fourth-order valence-electron chi connectivity index (χ4n) is 0.988. The lowest BCUT2D eigenvalue weighted by atomic mass is 10.3. The second kappa shape index (κ2) is 5.32. The number of benzene rings is 1. The van der Waals surface area contributed by atoms with Gasteiger partial charge in [-0.1, -0.05) is 16.8 Å². The van der Waals surface area contributed by atoms with Crippen LogP contribution in [-0.4, -0.2) is 17.0 Å². The van der Waals surface area contributed by atoms with Gasteiger partial charge in [-0.15, -0.1) is 0 Å². The summed E-state index contributed by atoms with van der Waals surface area (Å²) in [6.45, 7) is 0. The van der Waals surface area contributed by atoms with E-state index < -0.39 is 11.7 Å². The maximum atomic E-state index is 13.2. The summed E-state index contributed by atoms with van der Waals surface area (Å²) in [6, 6.07) is 3.75. The van der Waals surface area contributed by atoms with Crippen LogP contribution in [0.4, 0.5) is 10.1 Å². The van der Waals surface area contributed by atoms with E-state index in [1.807, 2.05) is 0 Å². The molecule has 1 rings (SSSR count). The van der Waals surface area contributed by atoms with Crippen molar-refractivity contribution in [3.8, 4) is 0 Å². The second-order valence-electron chi connectivity index (χ2n) is 2.94. The molecule has 5 nitrogen and oxygen atoms in total. The van der Waals surface area contributed by atoms with Gasteiger partial charge in [-0.25, -0.2) is 4.39 Å². The number of rotatable bonds is 3. The Morgan fingerprint density at radius 3 is 2.94 bits per heavy atom. The van der Waals surface area contributed by atoms with Crippen molar-refractivity contribution in [2.24, 2.45) is 10.9 Å². The fraction of sp³-hybridized carbons (Fsp3) is 0.111. The average molecular weight is 246 g/mol. The Hall–Kier alpha value is -1.82. The van der Waals surface area contributed by atoms with Crippen molar-refractivity contribution in [2.45, 2.75) is 6.42 Å². The van der Waals surface area contributed by atoms with Crippen molar-refractivity contribution in [3.63, 3.8) is 0 Å². The first kappa shape index (κ1) is 12.3. The maximum absolute atomic E-state index is 13.2. The number of nitrogens with zero attached hydrogens (tertiary/aromatic N) is 1. The fourth-order valence-corrected chi connectivity index (χ4v) is 1.16. The van der Waals surface area contributed by atoms with Crippen LogP contribution in [0, 0.1) is 5.82 Å². The summed E-state index contributed by atoms with van der Waals surface area (Å²) in [5, 5.41) is 13.4. The predicted molar refractivity (Wildman–Crippen MR) is 58.1 cm³/mol. The third kappa shape index (κ3) is 3.39. The number of halogens is 2. The van der Waals surface area contributed by atoms with Crippen LogP contribution in [0.15, 0.2) is 23.4 Å². The number of oxime groups is 1. The highest BCUT2D eigenvalue weighted by molar-refractivity contribution is 6.30. The Bertz CT molecular complexity index is 437. The van der Waals surface area contributed by atoms with Gasteiger partial charge in [-0.05, 0) is 18.2 Å². The van der Waals surface area contributed by atoms with Crippen molar-refractivity contribution in [1.82, 2.24) is 0 Å². The first-order valence-corrected chi connectivity index (χ1v) is 4.62. The van der Waals surface area contributed by atoms with Crippen LogP contribution in [0.25, 0.3) is 0 Å². The molecule has 0 radical (unpaired) electrons. The topological polar surface area (TPSA) is 87.7 Å². The maximum Gasteiger partial charge on any atom is 0.232 e. The van der Waals surface area contributed by atoms with Gasteiger partial charge in [0.05, 0.1) is 12.1 Å². The van der Waals surface area contributed by atoms with E-state index in [-0.39, 0.29) is 17.9 Å². The number of anilines is 1. The molecule has 0 aliphatic heterocycles. The standard InChI is InChI=1S/C9H9ClFN3O2/c10-5-1-2-6(11)7(3-5)13-9(15)4-8(12)14-16/h1-3,16H,4H2,(H2,12,14)(H,13,15). The van der Waals surface area contributed by atoms with Gasteiger partial charge in [-0.2, -0.15) is 0 Å². The summed E-state index contributed by atoms with van der Waals surface area (Å²) in [7, 11) is 0. The van der Waals surface area contributed by atoms with E-state index in [0.717, 1.165) is 6.07 Å². The molecule has 0 atom stereocenters. The molecule has 7 heteroatoms. The van der Waals surface area contributed by atoms with Crippen molar-refractivity contribution >= 4 is 29.0 Å². The Kier molecular flexibility index (Phi) is 4.07. The first-order valence-electron chi connectivity index (χ1n) is 4.24. The minimum Gasteiger partial charge on any atom is -0.409 e. The van der Waals surface area contributed by atoms with Crippen LogP contribution in [0.5, 0.6) is 0 Å². The normalized spacial score (nSPS) is 11.2. The van der Waals surface area contributed by atoms with Crippen molar-refractivity contribution in [1.29, 1.82) is 0 Å². The van der Waals surface area contributed by atoms with E-state index in [1.165, 1.54) is 12.1 Å². The Morgan fingerprint density at radius 2 is 2.31 bits per heavy atom. The molecule has 0 saturated heterocycles. The summed E-state index contributed by atoms with van der Waals surface area (Å²) < 4.78 is 13.2. The molecule has 0 heterocycles.